The van der Waals surface area contributed by atoms with Gasteiger partial charge in [-0.2, -0.15) is 0 Å². The van der Waals surface area contributed by atoms with Crippen molar-refractivity contribution in [2.75, 3.05) is 7.05 Å². The van der Waals surface area contributed by atoms with Crippen LogP contribution in [0.25, 0.3) is 0 Å². The maximum absolute atomic E-state index is 3.95. The molecule has 17 heavy (non-hydrogen) atoms. The number of allylic oxidation sites excluding steroid dienone is 6. The highest BCUT2D eigenvalue weighted by molar-refractivity contribution is 5.72. The molecule has 0 saturated carbocycles. The average Bonchev–Trinajstić information content (AvgIpc) is 2.78. The van der Waals surface area contributed by atoms with Gasteiger partial charge in [0, 0.05) is 19.2 Å². The third-order valence-corrected chi connectivity index (χ3v) is 3.00. The van der Waals surface area contributed by atoms with Crippen molar-refractivity contribution in [1.29, 1.82) is 0 Å². The summed E-state index contributed by atoms with van der Waals surface area (Å²) in [7, 11) is 1.78. The van der Waals surface area contributed by atoms with E-state index in [4.69, 9.17) is 0 Å². The number of aliphatic imine (C=N–C) groups is 1. The minimum atomic E-state index is 0.387. The molecule has 1 aliphatic rings. The molecule has 1 heteroatoms. The summed E-state index contributed by atoms with van der Waals surface area (Å²) >= 11 is 0. The smallest absolute Gasteiger partial charge is 0.0277 e. The Morgan fingerprint density at radius 1 is 1.24 bits per heavy atom. The van der Waals surface area contributed by atoms with E-state index in [2.05, 4.69) is 60.5 Å². The number of benzene rings is 1. The van der Waals surface area contributed by atoms with Crippen molar-refractivity contribution < 1.29 is 0 Å². The third kappa shape index (κ3) is 2.62. The van der Waals surface area contributed by atoms with Crippen molar-refractivity contribution >= 4 is 6.21 Å². The molecule has 86 valence electrons. The van der Waals surface area contributed by atoms with Gasteiger partial charge >= 0.3 is 0 Å². The molecule has 1 aliphatic carbocycles. The van der Waals surface area contributed by atoms with Gasteiger partial charge in [0.1, 0.15) is 0 Å². The monoisotopic (exact) mass is 223 g/mol. The molecule has 0 N–H and O–H groups in total. The Labute approximate surface area is 103 Å². The molecular weight excluding hydrogens is 206 g/mol. The zero-order chi connectivity index (χ0) is 12.1. The number of hydrogen-bond donors (Lipinski definition) is 0. The Balaban J connectivity index is 2.25. The summed E-state index contributed by atoms with van der Waals surface area (Å²) < 4.78 is 0. The summed E-state index contributed by atoms with van der Waals surface area (Å²) in [6.45, 7) is 2.16. The molecular formula is C16H17N. The molecule has 0 heterocycles. The Morgan fingerprint density at radius 2 is 2.06 bits per heavy atom. The molecule has 0 amide bonds. The number of hydrogen-bond acceptors (Lipinski definition) is 1. The minimum Gasteiger partial charge on any atom is -0.297 e. The molecule has 0 spiro atoms. The van der Waals surface area contributed by atoms with Crippen LogP contribution in [-0.4, -0.2) is 13.3 Å². The molecule has 0 aliphatic heterocycles. The zero-order valence-corrected chi connectivity index (χ0v) is 10.3. The quantitative estimate of drug-likeness (QED) is 0.690. The second-order valence-corrected chi connectivity index (χ2v) is 4.15. The van der Waals surface area contributed by atoms with Crippen LogP contribution in [0.2, 0.25) is 0 Å². The van der Waals surface area contributed by atoms with E-state index in [0.717, 1.165) is 0 Å². The number of nitrogens with zero attached hydrogens (tertiary/aromatic N) is 1. The van der Waals surface area contributed by atoms with Crippen molar-refractivity contribution in [3.63, 3.8) is 0 Å². The van der Waals surface area contributed by atoms with Crippen LogP contribution in [0.4, 0.5) is 0 Å². The second-order valence-electron chi connectivity index (χ2n) is 4.15. The molecule has 0 aromatic heterocycles. The lowest BCUT2D eigenvalue weighted by Gasteiger charge is -2.14. The Kier molecular flexibility index (Phi) is 3.71. The first-order valence-corrected chi connectivity index (χ1v) is 5.85. The number of aryl methyl sites for hydroxylation is 1. The lowest BCUT2D eigenvalue weighted by Crippen LogP contribution is -1.97. The van der Waals surface area contributed by atoms with Crippen molar-refractivity contribution in [3.05, 3.63) is 71.3 Å². The third-order valence-electron chi connectivity index (χ3n) is 3.00. The zero-order valence-electron chi connectivity index (χ0n) is 10.3. The topological polar surface area (TPSA) is 12.4 Å². The van der Waals surface area contributed by atoms with Crippen molar-refractivity contribution in [2.45, 2.75) is 12.8 Å². The standard InChI is InChI=1S/C16H17N/c1-13-7-3-4-10-15(13)16-11-5-8-14(16)9-6-12-17-2/h3-12,16H,1-2H3/b9-6+,17-12?. The SMILES string of the molecule is CN=C/C=C/C1=CC=CC1c1ccccc1C. The maximum atomic E-state index is 3.95. The molecule has 1 atom stereocenters. The predicted octanol–water partition coefficient (Wildman–Crippen LogP) is 3.83. The van der Waals surface area contributed by atoms with E-state index < -0.39 is 0 Å². The predicted molar refractivity (Wildman–Crippen MR) is 74.7 cm³/mol. The molecule has 0 fully saturated rings. The van der Waals surface area contributed by atoms with Gasteiger partial charge in [0.25, 0.3) is 0 Å². The van der Waals surface area contributed by atoms with Crippen LogP contribution in [0.3, 0.4) is 0 Å². The van der Waals surface area contributed by atoms with E-state index in [1.807, 2.05) is 12.3 Å². The number of rotatable bonds is 3. The molecule has 1 nitrogen and oxygen atoms in total. The summed E-state index contributed by atoms with van der Waals surface area (Å²) in [5, 5.41) is 0. The maximum Gasteiger partial charge on any atom is 0.0277 e. The van der Waals surface area contributed by atoms with E-state index in [0.29, 0.717) is 5.92 Å². The van der Waals surface area contributed by atoms with E-state index in [9.17, 15) is 0 Å². The molecule has 0 saturated heterocycles. The van der Waals surface area contributed by atoms with Gasteiger partial charge in [-0.3, -0.25) is 4.99 Å². The fraction of sp³-hybridized carbons (Fsp3) is 0.188. The van der Waals surface area contributed by atoms with E-state index in [1.54, 1.807) is 7.05 Å². The summed E-state index contributed by atoms with van der Waals surface area (Å²) in [5.41, 5.74) is 4.04. The summed E-state index contributed by atoms with van der Waals surface area (Å²) in [6, 6.07) is 8.55. The van der Waals surface area contributed by atoms with Gasteiger partial charge in [0.15, 0.2) is 0 Å². The Morgan fingerprint density at radius 3 is 2.82 bits per heavy atom. The minimum absolute atomic E-state index is 0.387. The molecule has 0 radical (unpaired) electrons. The lowest BCUT2D eigenvalue weighted by molar-refractivity contribution is 1.03. The van der Waals surface area contributed by atoms with Gasteiger partial charge in [0.05, 0.1) is 0 Å². The van der Waals surface area contributed by atoms with Crippen molar-refractivity contribution in [2.24, 2.45) is 4.99 Å². The van der Waals surface area contributed by atoms with Crippen LogP contribution >= 0.6 is 0 Å². The molecule has 0 bridgehead atoms. The van der Waals surface area contributed by atoms with E-state index >= 15 is 0 Å². The first-order chi connectivity index (χ1) is 8.33. The van der Waals surface area contributed by atoms with Crippen molar-refractivity contribution in [3.8, 4) is 0 Å². The lowest BCUT2D eigenvalue weighted by atomic mass is 9.90. The molecule has 1 unspecified atom stereocenters. The Hall–Kier alpha value is -1.89. The van der Waals surface area contributed by atoms with Gasteiger partial charge < -0.3 is 0 Å². The first-order valence-electron chi connectivity index (χ1n) is 5.85. The van der Waals surface area contributed by atoms with Crippen LogP contribution in [0, 0.1) is 6.92 Å². The molecule has 1 aromatic carbocycles. The fourth-order valence-electron chi connectivity index (χ4n) is 2.11. The van der Waals surface area contributed by atoms with Crippen molar-refractivity contribution in [1.82, 2.24) is 0 Å². The molecule has 1 aromatic rings. The van der Waals surface area contributed by atoms with Crippen LogP contribution in [0.5, 0.6) is 0 Å². The van der Waals surface area contributed by atoms with E-state index in [1.165, 1.54) is 16.7 Å². The van der Waals surface area contributed by atoms with Crippen LogP contribution in [0.1, 0.15) is 17.0 Å². The van der Waals surface area contributed by atoms with Crippen LogP contribution in [0.15, 0.2) is 65.2 Å². The van der Waals surface area contributed by atoms with Crippen LogP contribution < -0.4 is 0 Å². The highest BCUT2D eigenvalue weighted by Crippen LogP contribution is 2.32. The Bertz CT molecular complexity index is 504. The summed E-state index contributed by atoms with van der Waals surface area (Å²) in [5.74, 6) is 0.387. The van der Waals surface area contributed by atoms with Gasteiger partial charge in [-0.1, -0.05) is 48.6 Å². The van der Waals surface area contributed by atoms with Gasteiger partial charge in [0.2, 0.25) is 0 Å². The largest absolute Gasteiger partial charge is 0.297 e. The highest BCUT2D eigenvalue weighted by Gasteiger charge is 2.15. The second kappa shape index (κ2) is 5.44. The molecule has 2 rings (SSSR count). The fourth-order valence-corrected chi connectivity index (χ4v) is 2.11. The average molecular weight is 223 g/mol. The summed E-state index contributed by atoms with van der Waals surface area (Å²) in [4.78, 5) is 3.95. The summed E-state index contributed by atoms with van der Waals surface area (Å²) in [6.07, 6.45) is 12.5. The van der Waals surface area contributed by atoms with Gasteiger partial charge in [-0.05, 0) is 29.7 Å². The highest BCUT2D eigenvalue weighted by atomic mass is 14.6. The van der Waals surface area contributed by atoms with E-state index in [-0.39, 0.29) is 0 Å². The first kappa shape index (κ1) is 11.6. The van der Waals surface area contributed by atoms with Gasteiger partial charge in [-0.15, -0.1) is 0 Å². The van der Waals surface area contributed by atoms with Crippen LogP contribution in [-0.2, 0) is 0 Å². The normalized spacial score (nSPS) is 19.4. The van der Waals surface area contributed by atoms with Gasteiger partial charge in [-0.25, -0.2) is 0 Å².